The summed E-state index contributed by atoms with van der Waals surface area (Å²) in [5, 5.41) is 9.47. The Kier molecular flexibility index (Phi) is 4.74. The lowest BCUT2D eigenvalue weighted by atomic mass is 10.0. The van der Waals surface area contributed by atoms with Gasteiger partial charge in [-0.15, -0.1) is 0 Å². The average molecular weight is 249 g/mol. The predicted molar refractivity (Wildman–Crippen MR) is 67.5 cm³/mol. The fraction of sp³-hybridized carbons (Fsp3) is 0.231. The maximum Gasteiger partial charge on any atom is 0.179 e. The number of carbonyl (C=O) groups is 1. The van der Waals surface area contributed by atoms with Crippen LogP contribution in [0.1, 0.15) is 5.56 Å². The first kappa shape index (κ1) is 13.3. The van der Waals surface area contributed by atoms with Crippen LogP contribution < -0.4 is 0 Å². The van der Waals surface area contributed by atoms with E-state index >= 15 is 0 Å². The van der Waals surface area contributed by atoms with E-state index in [1.807, 2.05) is 12.1 Å². The monoisotopic (exact) mass is 248 g/mol. The number of hydrogen-bond donors (Lipinski definition) is 0. The van der Waals surface area contributed by atoms with Gasteiger partial charge in [-0.05, 0) is 17.7 Å². The lowest BCUT2D eigenvalue weighted by molar-refractivity contribution is -0.114. The van der Waals surface area contributed by atoms with E-state index in [0.717, 1.165) is 5.56 Å². The molecule has 0 radical (unpaired) electrons. The molecule has 3 nitrogen and oxygen atoms in total. The molecule has 0 saturated heterocycles. The molecule has 0 heterocycles. The zero-order chi connectivity index (χ0) is 12.8. The summed E-state index contributed by atoms with van der Waals surface area (Å²) in [6.45, 7) is 0. The van der Waals surface area contributed by atoms with Gasteiger partial charge >= 0.3 is 0 Å². The van der Waals surface area contributed by atoms with Gasteiger partial charge in [0, 0.05) is 31.7 Å². The molecule has 0 amide bonds. The Morgan fingerprint density at radius 3 is 2.76 bits per heavy atom. The molecule has 1 aromatic carbocycles. The van der Waals surface area contributed by atoms with Crippen molar-refractivity contribution in [2.24, 2.45) is 0 Å². The first-order valence-corrected chi connectivity index (χ1v) is 5.46. The van der Waals surface area contributed by atoms with E-state index in [2.05, 4.69) is 0 Å². The Morgan fingerprint density at radius 2 is 2.24 bits per heavy atom. The third-order valence-electron chi connectivity index (χ3n) is 2.06. The minimum Gasteiger partial charge on any atom is -0.382 e. The number of benzene rings is 1. The highest BCUT2D eigenvalue weighted by Crippen LogP contribution is 2.12. The number of hydrogen-bond acceptors (Lipinski definition) is 3. The summed E-state index contributed by atoms with van der Waals surface area (Å²) < 4.78 is 0. The highest BCUT2D eigenvalue weighted by atomic mass is 35.5. The molecule has 4 heteroatoms. The minimum atomic E-state index is -0.205. The van der Waals surface area contributed by atoms with Crippen molar-refractivity contribution in [2.45, 2.75) is 6.42 Å². The number of allylic oxidation sites excluding steroid dienone is 1. The number of ketones is 1. The molecule has 0 saturated carbocycles. The van der Waals surface area contributed by atoms with Crippen molar-refractivity contribution in [1.82, 2.24) is 4.90 Å². The third kappa shape index (κ3) is 4.29. The molecule has 0 atom stereocenters. The lowest BCUT2D eigenvalue weighted by Gasteiger charge is -2.06. The Morgan fingerprint density at radius 1 is 1.53 bits per heavy atom. The smallest absolute Gasteiger partial charge is 0.179 e. The van der Waals surface area contributed by atoms with Crippen molar-refractivity contribution in [1.29, 1.82) is 5.26 Å². The van der Waals surface area contributed by atoms with E-state index in [-0.39, 0.29) is 17.8 Å². The Labute approximate surface area is 106 Å². The predicted octanol–water partition coefficient (Wildman–Crippen LogP) is 2.42. The maximum absolute atomic E-state index is 11.8. The van der Waals surface area contributed by atoms with Crippen LogP contribution in [0.25, 0.3) is 0 Å². The van der Waals surface area contributed by atoms with Crippen LogP contribution >= 0.6 is 11.6 Å². The molecule has 0 aliphatic heterocycles. The minimum absolute atomic E-state index is 0.148. The molecule has 1 aromatic rings. The molecule has 0 bridgehead atoms. The molecule has 0 spiro atoms. The molecule has 17 heavy (non-hydrogen) atoms. The van der Waals surface area contributed by atoms with Crippen molar-refractivity contribution in [3.05, 3.63) is 46.6 Å². The van der Waals surface area contributed by atoms with Crippen molar-refractivity contribution in [2.75, 3.05) is 14.1 Å². The van der Waals surface area contributed by atoms with Gasteiger partial charge < -0.3 is 4.90 Å². The molecular formula is C13H13ClN2O. The van der Waals surface area contributed by atoms with E-state index in [1.165, 1.54) is 6.20 Å². The number of carbonyl (C=O) groups excluding carboxylic acids is 1. The fourth-order valence-electron chi connectivity index (χ4n) is 1.35. The average Bonchev–Trinajstić information content (AvgIpc) is 2.25. The lowest BCUT2D eigenvalue weighted by Crippen LogP contribution is -2.10. The highest BCUT2D eigenvalue weighted by Gasteiger charge is 2.10. The summed E-state index contributed by atoms with van der Waals surface area (Å²) in [5.74, 6) is -0.205. The van der Waals surface area contributed by atoms with Gasteiger partial charge in [0.15, 0.2) is 5.78 Å². The van der Waals surface area contributed by atoms with Gasteiger partial charge in [0.05, 0.1) is 0 Å². The SMILES string of the molecule is CN(C)/C=C(/C#N)C(=O)Cc1cccc(Cl)c1. The molecule has 0 aliphatic carbocycles. The second kappa shape index (κ2) is 6.07. The van der Waals surface area contributed by atoms with Gasteiger partial charge in [-0.25, -0.2) is 0 Å². The molecule has 0 aliphatic rings. The summed E-state index contributed by atoms with van der Waals surface area (Å²) >= 11 is 5.83. The van der Waals surface area contributed by atoms with Gasteiger partial charge in [0.1, 0.15) is 11.6 Å². The van der Waals surface area contributed by atoms with Crippen molar-refractivity contribution in [3.63, 3.8) is 0 Å². The zero-order valence-electron chi connectivity index (χ0n) is 9.77. The first-order chi connectivity index (χ1) is 8.02. The Bertz CT molecular complexity index is 486. The number of Topliss-reactive ketones (excluding diaryl/α,β-unsaturated/α-hetero) is 1. The van der Waals surface area contributed by atoms with Gasteiger partial charge in [0.2, 0.25) is 0 Å². The van der Waals surface area contributed by atoms with Crippen molar-refractivity contribution < 1.29 is 4.79 Å². The summed E-state index contributed by atoms with van der Waals surface area (Å²) in [5.41, 5.74) is 0.956. The van der Waals surface area contributed by atoms with Crippen LogP contribution in [0.4, 0.5) is 0 Å². The van der Waals surface area contributed by atoms with Crippen LogP contribution in [0, 0.1) is 11.3 Å². The topological polar surface area (TPSA) is 44.1 Å². The molecule has 1 rings (SSSR count). The van der Waals surface area contributed by atoms with Crippen LogP contribution in [0.3, 0.4) is 0 Å². The van der Waals surface area contributed by atoms with Crippen LogP contribution in [-0.4, -0.2) is 24.8 Å². The van der Waals surface area contributed by atoms with Gasteiger partial charge in [-0.2, -0.15) is 5.26 Å². The van der Waals surface area contributed by atoms with E-state index in [4.69, 9.17) is 16.9 Å². The fourth-order valence-corrected chi connectivity index (χ4v) is 1.56. The number of rotatable bonds is 4. The normalized spacial score (nSPS) is 10.8. The Balaban J connectivity index is 2.82. The second-order valence-corrected chi connectivity index (χ2v) is 4.28. The molecule has 0 fully saturated rings. The van der Waals surface area contributed by atoms with Crippen LogP contribution in [-0.2, 0) is 11.2 Å². The summed E-state index contributed by atoms with van der Waals surface area (Å²) in [4.78, 5) is 13.5. The van der Waals surface area contributed by atoms with Crippen molar-refractivity contribution >= 4 is 17.4 Å². The van der Waals surface area contributed by atoms with Gasteiger partial charge in [-0.3, -0.25) is 4.79 Å². The van der Waals surface area contributed by atoms with E-state index in [0.29, 0.717) is 5.02 Å². The standard InChI is InChI=1S/C13H13ClN2O/c1-16(2)9-11(8-15)13(17)7-10-4-3-5-12(14)6-10/h3-6,9H,7H2,1-2H3/b11-9-. The summed E-state index contributed by atoms with van der Waals surface area (Å²) in [6.07, 6.45) is 1.71. The third-order valence-corrected chi connectivity index (χ3v) is 2.30. The molecule has 0 unspecified atom stereocenters. The zero-order valence-corrected chi connectivity index (χ0v) is 10.5. The largest absolute Gasteiger partial charge is 0.382 e. The summed E-state index contributed by atoms with van der Waals surface area (Å²) in [7, 11) is 3.54. The van der Waals surface area contributed by atoms with Gasteiger partial charge in [-0.1, -0.05) is 23.7 Å². The number of halogens is 1. The number of nitriles is 1. The second-order valence-electron chi connectivity index (χ2n) is 3.85. The quantitative estimate of drug-likeness (QED) is 0.607. The van der Waals surface area contributed by atoms with Crippen molar-refractivity contribution in [3.8, 4) is 6.07 Å². The molecular weight excluding hydrogens is 236 g/mol. The molecule has 0 N–H and O–H groups in total. The van der Waals surface area contributed by atoms with Crippen LogP contribution in [0.2, 0.25) is 5.02 Å². The Hall–Kier alpha value is -1.79. The molecule has 0 aromatic heterocycles. The summed E-state index contributed by atoms with van der Waals surface area (Å²) in [6, 6.07) is 8.98. The number of nitrogens with zero attached hydrogens (tertiary/aromatic N) is 2. The molecule has 88 valence electrons. The van der Waals surface area contributed by atoms with E-state index < -0.39 is 0 Å². The van der Waals surface area contributed by atoms with Crippen LogP contribution in [0.5, 0.6) is 0 Å². The van der Waals surface area contributed by atoms with Crippen LogP contribution in [0.15, 0.2) is 36.0 Å². The van der Waals surface area contributed by atoms with Gasteiger partial charge in [0.25, 0.3) is 0 Å². The van der Waals surface area contributed by atoms with E-state index in [9.17, 15) is 4.79 Å². The van der Waals surface area contributed by atoms with E-state index in [1.54, 1.807) is 37.2 Å². The highest BCUT2D eigenvalue weighted by molar-refractivity contribution is 6.30. The first-order valence-electron chi connectivity index (χ1n) is 5.09. The maximum atomic E-state index is 11.8.